The van der Waals surface area contributed by atoms with Crippen molar-refractivity contribution >= 4 is 20.9 Å². The van der Waals surface area contributed by atoms with Gasteiger partial charge in [0, 0.05) is 0 Å². The molecule has 1 aliphatic carbocycles. The van der Waals surface area contributed by atoms with Gasteiger partial charge in [-0.05, 0) is 59.9 Å². The van der Waals surface area contributed by atoms with Crippen LogP contribution in [0, 0.1) is 10.8 Å². The summed E-state index contributed by atoms with van der Waals surface area (Å²) in [6.07, 6.45) is 10.7. The third kappa shape index (κ3) is 5.05. The summed E-state index contributed by atoms with van der Waals surface area (Å²) in [6, 6.07) is 0. The maximum atomic E-state index is 4.67. The predicted octanol–water partition coefficient (Wildman–Crippen LogP) is 6.62. The lowest BCUT2D eigenvalue weighted by Crippen LogP contribution is -2.27. The van der Waals surface area contributed by atoms with E-state index in [1.807, 2.05) is 0 Å². The van der Waals surface area contributed by atoms with Crippen LogP contribution in [0.15, 0.2) is 0 Å². The molecule has 0 aromatic rings. The van der Waals surface area contributed by atoms with E-state index in [9.17, 15) is 0 Å². The van der Waals surface area contributed by atoms with Gasteiger partial charge in [0.25, 0.3) is 0 Å². The molecule has 1 saturated carbocycles. The molecule has 1 rings (SSSR count). The van der Waals surface area contributed by atoms with Crippen LogP contribution in [-0.4, -0.2) is 22.2 Å². The fourth-order valence-corrected chi connectivity index (χ4v) is 5.98. The van der Waals surface area contributed by atoms with Crippen molar-refractivity contribution < 1.29 is 0 Å². The molecule has 0 N–H and O–H groups in total. The van der Waals surface area contributed by atoms with Gasteiger partial charge in [-0.15, -0.1) is 0 Å². The van der Waals surface area contributed by atoms with E-state index in [0.29, 0.717) is 16.1 Å². The first kappa shape index (κ1) is 19.1. The van der Waals surface area contributed by atoms with Gasteiger partial charge in [-0.1, -0.05) is 66.1 Å². The summed E-state index contributed by atoms with van der Waals surface area (Å²) in [4.78, 5) is 0. The van der Waals surface area contributed by atoms with Crippen LogP contribution in [0.25, 0.3) is 0 Å². The molecular formula is C20H40S. The lowest BCUT2D eigenvalue weighted by Gasteiger charge is -2.41. The molecule has 1 heteroatoms. The van der Waals surface area contributed by atoms with E-state index >= 15 is 0 Å². The topological polar surface area (TPSA) is 0 Å². The molecule has 1 atom stereocenters. The molecule has 0 heterocycles. The van der Waals surface area contributed by atoms with Crippen molar-refractivity contribution in [3.8, 4) is 0 Å². The maximum absolute atomic E-state index is 4.67. The normalized spacial score (nSPS) is 22.2. The summed E-state index contributed by atoms with van der Waals surface area (Å²) in [7, 11) is -0.951. The molecule has 1 aliphatic rings. The van der Waals surface area contributed by atoms with Crippen LogP contribution in [0.5, 0.6) is 0 Å². The van der Waals surface area contributed by atoms with Gasteiger partial charge in [0.2, 0.25) is 0 Å². The molecule has 0 nitrogen and oxygen atoms in total. The Hall–Kier alpha value is 0.0900. The largest absolute Gasteiger partial charge is 0.209 e. The molecule has 0 aliphatic heterocycles. The third-order valence-corrected chi connectivity index (χ3v) is 10.3. The van der Waals surface area contributed by atoms with Crippen LogP contribution >= 0.6 is 9.21 Å². The van der Waals surface area contributed by atoms with Gasteiger partial charge < -0.3 is 0 Å². The molecule has 21 heavy (non-hydrogen) atoms. The van der Waals surface area contributed by atoms with Crippen LogP contribution in [0.4, 0.5) is 0 Å². The minimum atomic E-state index is -0.951. The van der Waals surface area contributed by atoms with Crippen molar-refractivity contribution in [2.24, 2.45) is 10.8 Å². The van der Waals surface area contributed by atoms with E-state index in [4.69, 9.17) is 0 Å². The zero-order valence-electron chi connectivity index (χ0n) is 15.6. The molecule has 0 saturated heterocycles. The zero-order chi connectivity index (χ0) is 16.3. The molecule has 0 amide bonds. The lowest BCUT2D eigenvalue weighted by atomic mass is 9.77. The molecule has 0 radical (unpaired) electrons. The van der Waals surface area contributed by atoms with Crippen molar-refractivity contribution in [2.75, 3.05) is 0 Å². The van der Waals surface area contributed by atoms with Crippen molar-refractivity contribution in [2.45, 2.75) is 103 Å². The van der Waals surface area contributed by atoms with Gasteiger partial charge in [0.05, 0.1) is 0 Å². The monoisotopic (exact) mass is 312 g/mol. The average Bonchev–Trinajstić information content (AvgIpc) is 2.43. The molecule has 0 bridgehead atoms. The highest BCUT2D eigenvalue weighted by Crippen LogP contribution is 2.47. The van der Waals surface area contributed by atoms with Crippen LogP contribution in [-0.2, 0) is 0 Å². The van der Waals surface area contributed by atoms with E-state index in [2.05, 4.69) is 53.3 Å². The molecule has 1 fully saturated rings. The van der Waals surface area contributed by atoms with E-state index < -0.39 is 9.21 Å². The highest BCUT2D eigenvalue weighted by Gasteiger charge is 2.31. The Kier molecular flexibility index (Phi) is 6.48. The second-order valence-corrected chi connectivity index (χ2v) is 12.2. The Bertz CT molecular complexity index is 399. The average molecular weight is 313 g/mol. The van der Waals surface area contributed by atoms with Crippen LogP contribution < -0.4 is 0 Å². The molecular weight excluding hydrogens is 272 g/mol. The van der Waals surface area contributed by atoms with E-state index in [1.54, 1.807) is 0 Å². The Morgan fingerprint density at radius 3 is 2.05 bits per heavy atom. The summed E-state index contributed by atoms with van der Waals surface area (Å²) in [5.41, 5.74) is 1.08. The first-order valence-electron chi connectivity index (χ1n) is 9.03. The fraction of sp³-hybridized carbons (Fsp3) is 0.900. The summed E-state index contributed by atoms with van der Waals surface area (Å²) in [5, 5.41) is 1.51. The predicted molar refractivity (Wildman–Crippen MR) is 105 cm³/mol. The Morgan fingerprint density at radius 1 is 1.14 bits per heavy atom. The van der Waals surface area contributed by atoms with Crippen LogP contribution in [0.3, 0.4) is 0 Å². The van der Waals surface area contributed by atoms with Crippen molar-refractivity contribution in [1.29, 1.82) is 0 Å². The van der Waals surface area contributed by atoms with Gasteiger partial charge in [-0.3, -0.25) is 0 Å². The number of hydrogen-bond donors (Lipinski definition) is 0. The van der Waals surface area contributed by atoms with Crippen LogP contribution in [0.2, 0.25) is 0 Å². The summed E-state index contributed by atoms with van der Waals surface area (Å²) in [5.74, 6) is 9.33. The smallest absolute Gasteiger partial charge is 0.00515 e. The Morgan fingerprint density at radius 2 is 1.62 bits per heavy atom. The van der Waals surface area contributed by atoms with Gasteiger partial charge in [-0.2, -0.15) is 0 Å². The summed E-state index contributed by atoms with van der Waals surface area (Å²) < 4.78 is 0. The van der Waals surface area contributed by atoms with Crippen molar-refractivity contribution in [1.82, 2.24) is 0 Å². The second kappa shape index (κ2) is 7.11. The third-order valence-electron chi connectivity index (χ3n) is 6.61. The zero-order valence-corrected chi connectivity index (χ0v) is 16.5. The van der Waals surface area contributed by atoms with Crippen molar-refractivity contribution in [3.63, 3.8) is 0 Å². The van der Waals surface area contributed by atoms with E-state index in [0.717, 1.165) is 5.25 Å². The molecule has 126 valence electrons. The Balaban J connectivity index is 2.62. The standard InChI is InChI=1S/C20H40S/c1-9-20(6,10-2)16-11-17(3)21(7,8)18-12-14-19(4,5)15-13-18/h17-18H,7-16H2,1-6H3. The Labute approximate surface area is 135 Å². The first-order chi connectivity index (χ1) is 9.56. The number of hydrogen-bond acceptors (Lipinski definition) is 0. The van der Waals surface area contributed by atoms with Gasteiger partial charge in [0.1, 0.15) is 0 Å². The van der Waals surface area contributed by atoms with Crippen molar-refractivity contribution in [3.05, 3.63) is 0 Å². The SMILES string of the molecule is C=S(=C)(C(C)CCC(C)(CC)CC)C1CCC(C)(C)CC1. The fourth-order valence-electron chi connectivity index (χ4n) is 3.56. The molecule has 0 aromatic heterocycles. The summed E-state index contributed by atoms with van der Waals surface area (Å²) in [6.45, 7) is 14.4. The molecule has 1 unspecified atom stereocenters. The second-order valence-electron chi connectivity index (χ2n) is 8.74. The first-order valence-corrected chi connectivity index (χ1v) is 11.1. The highest BCUT2D eigenvalue weighted by molar-refractivity contribution is 8.28. The highest BCUT2D eigenvalue weighted by atomic mass is 32.2. The minimum Gasteiger partial charge on any atom is -0.209 e. The van der Waals surface area contributed by atoms with Crippen LogP contribution in [0.1, 0.15) is 92.9 Å². The molecule has 0 spiro atoms. The number of rotatable bonds is 7. The lowest BCUT2D eigenvalue weighted by molar-refractivity contribution is 0.248. The summed E-state index contributed by atoms with van der Waals surface area (Å²) >= 11 is 0. The van der Waals surface area contributed by atoms with E-state index in [-0.39, 0.29) is 0 Å². The van der Waals surface area contributed by atoms with Gasteiger partial charge in [0.15, 0.2) is 0 Å². The quantitative estimate of drug-likeness (QED) is 0.463. The van der Waals surface area contributed by atoms with E-state index in [1.165, 1.54) is 51.4 Å². The maximum Gasteiger partial charge on any atom is -0.00515 e. The van der Waals surface area contributed by atoms with Gasteiger partial charge in [-0.25, -0.2) is 9.21 Å². The minimum absolute atomic E-state index is 0.526. The molecule has 0 aromatic carbocycles. The van der Waals surface area contributed by atoms with Gasteiger partial charge >= 0.3 is 0 Å².